The fourth-order valence-electron chi connectivity index (χ4n) is 3.37. The summed E-state index contributed by atoms with van der Waals surface area (Å²) in [4.78, 5) is 16.0. The second kappa shape index (κ2) is 9.55. The van der Waals surface area contributed by atoms with Crippen LogP contribution in [0.15, 0.2) is 36.4 Å². The van der Waals surface area contributed by atoms with Crippen molar-refractivity contribution >= 4 is 5.97 Å². The van der Waals surface area contributed by atoms with Gasteiger partial charge in [-0.25, -0.2) is 4.98 Å². The number of pyridine rings is 1. The highest BCUT2D eigenvalue weighted by Gasteiger charge is 2.28. The van der Waals surface area contributed by atoms with Crippen molar-refractivity contribution in [2.45, 2.75) is 58.2 Å². The Hall–Kier alpha value is -2.48. The summed E-state index contributed by atoms with van der Waals surface area (Å²) in [6, 6.07) is 11.7. The minimum atomic E-state index is -0.738. The van der Waals surface area contributed by atoms with Gasteiger partial charge in [-0.1, -0.05) is 24.3 Å². The van der Waals surface area contributed by atoms with Crippen molar-refractivity contribution in [3.05, 3.63) is 58.9 Å². The number of fused-ring (bicyclic) bond motifs is 1. The molecule has 1 unspecified atom stereocenters. The second-order valence-electron chi connectivity index (χ2n) is 8.07. The van der Waals surface area contributed by atoms with Crippen LogP contribution >= 0.6 is 0 Å². The van der Waals surface area contributed by atoms with Crippen molar-refractivity contribution in [3.8, 4) is 5.75 Å². The van der Waals surface area contributed by atoms with Gasteiger partial charge in [-0.05, 0) is 36.6 Å². The molecule has 0 bridgehead atoms. The first-order chi connectivity index (χ1) is 14.3. The van der Waals surface area contributed by atoms with Gasteiger partial charge in [0.05, 0.1) is 25.8 Å². The highest BCUT2D eigenvalue weighted by molar-refractivity contribution is 5.72. The fourth-order valence-corrected chi connectivity index (χ4v) is 3.37. The monoisotopic (exact) mass is 414 g/mol. The third kappa shape index (κ3) is 6.01. The average molecular weight is 415 g/mol. The molecule has 1 aliphatic heterocycles. The van der Waals surface area contributed by atoms with Crippen molar-refractivity contribution in [3.63, 3.8) is 0 Å². The largest absolute Gasteiger partial charge is 0.469 e. The summed E-state index contributed by atoms with van der Waals surface area (Å²) >= 11 is 0. The zero-order valence-electron chi connectivity index (χ0n) is 18.0. The summed E-state index contributed by atoms with van der Waals surface area (Å²) in [5.74, 6) is -0.228. The third-order valence-electron chi connectivity index (χ3n) is 4.98. The first-order valence-electron chi connectivity index (χ1n) is 10.1. The lowest BCUT2D eigenvalue weighted by atomic mass is 10.0. The van der Waals surface area contributed by atoms with Gasteiger partial charge < -0.3 is 24.6 Å². The van der Waals surface area contributed by atoms with E-state index in [1.165, 1.54) is 7.11 Å². The molecule has 2 N–H and O–H groups in total. The number of aromatic nitrogens is 1. The molecule has 1 aromatic heterocycles. The lowest BCUT2D eigenvalue weighted by molar-refractivity contribution is -0.181. The Bertz CT molecular complexity index is 884. The van der Waals surface area contributed by atoms with Gasteiger partial charge in [0.1, 0.15) is 17.5 Å². The number of carbonyl (C=O) groups is 1. The Morgan fingerprint density at radius 2 is 2.07 bits per heavy atom. The molecule has 0 fully saturated rings. The normalized spacial score (nSPS) is 16.8. The van der Waals surface area contributed by atoms with Gasteiger partial charge in [0.2, 0.25) is 5.79 Å². The van der Waals surface area contributed by atoms with Crippen LogP contribution < -0.4 is 10.1 Å². The first-order valence-corrected chi connectivity index (χ1v) is 10.1. The molecule has 0 saturated heterocycles. The molecule has 0 amide bonds. The van der Waals surface area contributed by atoms with Crippen LogP contribution in [0.4, 0.5) is 0 Å². The minimum Gasteiger partial charge on any atom is -0.469 e. The van der Waals surface area contributed by atoms with Gasteiger partial charge in [-0.3, -0.25) is 4.79 Å². The first kappa shape index (κ1) is 22.2. The van der Waals surface area contributed by atoms with Crippen LogP contribution in [0.1, 0.15) is 49.4 Å². The molecule has 2 aromatic rings. The number of hydrogen-bond acceptors (Lipinski definition) is 7. The third-order valence-corrected chi connectivity index (χ3v) is 4.98. The molecule has 3 rings (SSSR count). The summed E-state index contributed by atoms with van der Waals surface area (Å²) < 4.78 is 16.1. The van der Waals surface area contributed by atoms with E-state index < -0.39 is 11.9 Å². The summed E-state index contributed by atoms with van der Waals surface area (Å²) in [7, 11) is 1.39. The lowest BCUT2D eigenvalue weighted by Crippen LogP contribution is -2.36. The molecule has 1 aliphatic rings. The van der Waals surface area contributed by atoms with Gasteiger partial charge in [0.15, 0.2) is 0 Å². The van der Waals surface area contributed by atoms with Crippen LogP contribution in [-0.4, -0.2) is 41.5 Å². The number of aliphatic hydroxyl groups is 1. The number of aliphatic hydroxyl groups excluding tert-OH is 1. The minimum absolute atomic E-state index is 0.137. The smallest absolute Gasteiger partial charge is 0.309 e. The number of benzene rings is 1. The molecule has 2 atom stereocenters. The molecule has 7 heteroatoms. The number of nitrogens with one attached hydrogen (secondary N) is 1. The molecule has 0 spiro atoms. The predicted octanol–water partition coefficient (Wildman–Crippen LogP) is 2.70. The Balaban J connectivity index is 1.53. The number of hydrogen-bond donors (Lipinski definition) is 2. The topological polar surface area (TPSA) is 89.9 Å². The van der Waals surface area contributed by atoms with E-state index in [9.17, 15) is 9.90 Å². The Labute approximate surface area is 177 Å². The molecule has 162 valence electrons. The number of ether oxygens (including phenoxy) is 3. The average Bonchev–Trinajstić information content (AvgIpc) is 2.71. The van der Waals surface area contributed by atoms with E-state index in [0.29, 0.717) is 30.3 Å². The van der Waals surface area contributed by atoms with Crippen molar-refractivity contribution in [2.75, 3.05) is 13.7 Å². The number of rotatable bonds is 8. The highest BCUT2D eigenvalue weighted by Crippen LogP contribution is 2.30. The molecule has 2 heterocycles. The molecular weight excluding hydrogens is 384 g/mol. The Morgan fingerprint density at radius 3 is 2.83 bits per heavy atom. The van der Waals surface area contributed by atoms with Gasteiger partial charge in [-0.2, -0.15) is 0 Å². The summed E-state index contributed by atoms with van der Waals surface area (Å²) in [5, 5.41) is 13.9. The van der Waals surface area contributed by atoms with Crippen LogP contribution in [-0.2, 0) is 33.7 Å². The maximum Gasteiger partial charge on any atom is 0.309 e. The molecule has 1 aromatic carbocycles. The quantitative estimate of drug-likeness (QED) is 0.642. The SMILES string of the molecule is COC(=O)Cc1cccc(C[C@@H](C)NCC(O)c2ccc3c(n2)COC(C)(C)O3)c1. The molecule has 0 aliphatic carbocycles. The molecule has 7 nitrogen and oxygen atoms in total. The van der Waals surface area contributed by atoms with Gasteiger partial charge in [-0.15, -0.1) is 0 Å². The van der Waals surface area contributed by atoms with E-state index in [1.807, 2.05) is 44.2 Å². The van der Waals surface area contributed by atoms with Crippen molar-refractivity contribution in [2.24, 2.45) is 0 Å². The van der Waals surface area contributed by atoms with E-state index >= 15 is 0 Å². The number of carbonyl (C=O) groups excluding carboxylic acids is 1. The summed E-state index contributed by atoms with van der Waals surface area (Å²) in [6.07, 6.45) is 0.300. The standard InChI is InChI=1S/C23H30N2O5/c1-15(10-16-6-5-7-17(11-16)12-22(27)28-4)24-13-20(26)18-8-9-21-19(25-18)14-29-23(2,3)30-21/h5-9,11,15,20,24,26H,10,12-14H2,1-4H3/t15-,20?/m1/s1. The van der Waals surface area contributed by atoms with E-state index in [4.69, 9.17) is 14.2 Å². The summed E-state index contributed by atoms with van der Waals surface area (Å²) in [6.45, 7) is 6.50. The second-order valence-corrected chi connectivity index (χ2v) is 8.07. The summed E-state index contributed by atoms with van der Waals surface area (Å²) in [5.41, 5.74) is 3.33. The zero-order valence-corrected chi connectivity index (χ0v) is 18.0. The maximum atomic E-state index is 11.5. The van der Waals surface area contributed by atoms with E-state index in [1.54, 1.807) is 6.07 Å². The highest BCUT2D eigenvalue weighted by atomic mass is 16.7. The molecule has 30 heavy (non-hydrogen) atoms. The van der Waals surface area contributed by atoms with Gasteiger partial charge in [0, 0.05) is 26.4 Å². The lowest BCUT2D eigenvalue weighted by Gasteiger charge is -2.32. The Morgan fingerprint density at radius 1 is 1.30 bits per heavy atom. The van der Waals surface area contributed by atoms with Crippen molar-refractivity contribution < 1.29 is 24.1 Å². The maximum absolute atomic E-state index is 11.5. The number of methoxy groups -OCH3 is 1. The van der Waals surface area contributed by atoms with Crippen molar-refractivity contribution in [1.82, 2.24) is 10.3 Å². The predicted molar refractivity (Wildman–Crippen MR) is 112 cm³/mol. The van der Waals surface area contributed by atoms with Crippen LogP contribution in [0.25, 0.3) is 0 Å². The van der Waals surface area contributed by atoms with E-state index in [0.717, 1.165) is 17.5 Å². The number of esters is 1. The molecular formula is C23H30N2O5. The Kier molecular flexibility index (Phi) is 7.07. The molecule has 0 saturated carbocycles. The van der Waals surface area contributed by atoms with Gasteiger partial charge >= 0.3 is 5.97 Å². The zero-order chi connectivity index (χ0) is 21.7. The van der Waals surface area contributed by atoms with Crippen LogP contribution in [0.2, 0.25) is 0 Å². The van der Waals surface area contributed by atoms with E-state index in [2.05, 4.69) is 17.2 Å². The van der Waals surface area contributed by atoms with Crippen LogP contribution in [0.3, 0.4) is 0 Å². The van der Waals surface area contributed by atoms with Crippen LogP contribution in [0, 0.1) is 0 Å². The molecule has 0 radical (unpaired) electrons. The van der Waals surface area contributed by atoms with Crippen LogP contribution in [0.5, 0.6) is 5.75 Å². The fraction of sp³-hybridized carbons (Fsp3) is 0.478. The van der Waals surface area contributed by atoms with Gasteiger partial charge in [0.25, 0.3) is 0 Å². The van der Waals surface area contributed by atoms with Crippen molar-refractivity contribution in [1.29, 1.82) is 0 Å². The van der Waals surface area contributed by atoms with E-state index in [-0.39, 0.29) is 18.4 Å². The number of nitrogens with zero attached hydrogens (tertiary/aromatic N) is 1.